The van der Waals surface area contributed by atoms with E-state index in [0.717, 1.165) is 36.3 Å². The SMILES string of the molecule is CCOC(=O)CCN1CCc2ccc(NC(=O)COC3CCN(C(=O)OCc4ccccc4)C(C)C3)cc2C1. The number of nitrogens with one attached hydrogen (secondary N) is 1. The second kappa shape index (κ2) is 14.1. The van der Waals surface area contributed by atoms with E-state index in [0.29, 0.717) is 39.0 Å². The molecule has 2 aliphatic heterocycles. The summed E-state index contributed by atoms with van der Waals surface area (Å²) in [6.45, 7) is 7.21. The Kier molecular flexibility index (Phi) is 10.3. The highest BCUT2D eigenvalue weighted by Gasteiger charge is 2.30. The molecule has 2 aliphatic rings. The lowest BCUT2D eigenvalue weighted by Gasteiger charge is -2.36. The lowest BCUT2D eigenvalue weighted by atomic mass is 9.99. The van der Waals surface area contributed by atoms with Crippen LogP contribution in [0, 0.1) is 0 Å². The number of benzene rings is 2. The minimum absolute atomic E-state index is 0.0393. The molecule has 210 valence electrons. The number of rotatable bonds is 10. The van der Waals surface area contributed by atoms with E-state index in [2.05, 4.69) is 16.3 Å². The van der Waals surface area contributed by atoms with Crippen molar-refractivity contribution in [2.24, 2.45) is 0 Å². The Bertz CT molecular complexity index is 1120. The minimum Gasteiger partial charge on any atom is -0.466 e. The summed E-state index contributed by atoms with van der Waals surface area (Å²) in [5.74, 6) is -0.380. The Morgan fingerprint density at radius 1 is 1.03 bits per heavy atom. The third-order valence-corrected chi connectivity index (χ3v) is 7.24. The largest absolute Gasteiger partial charge is 0.466 e. The van der Waals surface area contributed by atoms with Crippen molar-refractivity contribution < 1.29 is 28.6 Å². The van der Waals surface area contributed by atoms with Gasteiger partial charge in [0.1, 0.15) is 13.2 Å². The van der Waals surface area contributed by atoms with Crippen LogP contribution in [0.25, 0.3) is 0 Å². The Labute approximate surface area is 230 Å². The van der Waals surface area contributed by atoms with Crippen molar-refractivity contribution in [1.82, 2.24) is 9.80 Å². The van der Waals surface area contributed by atoms with Crippen LogP contribution >= 0.6 is 0 Å². The fraction of sp³-hybridized carbons (Fsp3) is 0.500. The zero-order valence-corrected chi connectivity index (χ0v) is 22.9. The van der Waals surface area contributed by atoms with Crippen molar-refractivity contribution in [2.45, 2.75) is 64.8 Å². The standard InChI is InChI=1S/C30H39N3O6/c1-3-37-29(35)13-15-32-14-11-24-9-10-26(18-25(24)19-32)31-28(34)21-38-27-12-16-33(22(2)17-27)30(36)39-20-23-7-5-4-6-8-23/h4-10,18,22,27H,3,11-17,19-21H2,1-2H3,(H,31,34). The average molecular weight is 538 g/mol. The average Bonchev–Trinajstić information content (AvgIpc) is 2.94. The van der Waals surface area contributed by atoms with E-state index in [-0.39, 0.29) is 43.3 Å². The second-order valence-corrected chi connectivity index (χ2v) is 10.2. The number of nitrogens with zero attached hydrogens (tertiary/aromatic N) is 2. The number of hydrogen-bond acceptors (Lipinski definition) is 7. The molecule has 4 rings (SSSR count). The molecular weight excluding hydrogens is 498 g/mol. The van der Waals surface area contributed by atoms with Crippen LogP contribution in [0.3, 0.4) is 0 Å². The van der Waals surface area contributed by atoms with Gasteiger partial charge in [-0.3, -0.25) is 14.5 Å². The summed E-state index contributed by atoms with van der Waals surface area (Å²) in [5, 5.41) is 2.94. The highest BCUT2D eigenvalue weighted by molar-refractivity contribution is 5.91. The normalized spacial score (nSPS) is 19.2. The summed E-state index contributed by atoms with van der Waals surface area (Å²) in [6.07, 6.45) is 2.16. The summed E-state index contributed by atoms with van der Waals surface area (Å²) in [7, 11) is 0. The van der Waals surface area contributed by atoms with Gasteiger partial charge in [0, 0.05) is 37.9 Å². The Hall–Kier alpha value is -3.43. The van der Waals surface area contributed by atoms with Gasteiger partial charge in [0.2, 0.25) is 5.91 Å². The molecule has 2 atom stereocenters. The highest BCUT2D eigenvalue weighted by Crippen LogP contribution is 2.24. The summed E-state index contributed by atoms with van der Waals surface area (Å²) < 4.78 is 16.4. The number of anilines is 1. The second-order valence-electron chi connectivity index (χ2n) is 10.2. The van der Waals surface area contributed by atoms with Crippen molar-refractivity contribution >= 4 is 23.7 Å². The lowest BCUT2D eigenvalue weighted by molar-refractivity contribution is -0.143. The van der Waals surface area contributed by atoms with E-state index in [9.17, 15) is 14.4 Å². The zero-order chi connectivity index (χ0) is 27.6. The summed E-state index contributed by atoms with van der Waals surface area (Å²) in [5.41, 5.74) is 4.11. The third-order valence-electron chi connectivity index (χ3n) is 7.24. The molecule has 0 aliphatic carbocycles. The van der Waals surface area contributed by atoms with E-state index < -0.39 is 0 Å². The van der Waals surface area contributed by atoms with Crippen molar-refractivity contribution in [1.29, 1.82) is 0 Å². The first-order valence-corrected chi connectivity index (χ1v) is 13.8. The van der Waals surface area contributed by atoms with E-state index >= 15 is 0 Å². The molecule has 1 saturated heterocycles. The third kappa shape index (κ3) is 8.53. The van der Waals surface area contributed by atoms with Gasteiger partial charge in [0.25, 0.3) is 0 Å². The zero-order valence-electron chi connectivity index (χ0n) is 22.9. The van der Waals surface area contributed by atoms with Crippen LogP contribution in [0.4, 0.5) is 10.5 Å². The van der Waals surface area contributed by atoms with Crippen LogP contribution < -0.4 is 5.32 Å². The van der Waals surface area contributed by atoms with Crippen molar-refractivity contribution in [3.05, 3.63) is 65.2 Å². The predicted molar refractivity (Wildman–Crippen MR) is 147 cm³/mol. The van der Waals surface area contributed by atoms with Gasteiger partial charge >= 0.3 is 12.1 Å². The van der Waals surface area contributed by atoms with Gasteiger partial charge in [-0.15, -0.1) is 0 Å². The fourth-order valence-electron chi connectivity index (χ4n) is 5.11. The molecule has 1 N–H and O–H groups in total. The molecular formula is C30H39N3O6. The monoisotopic (exact) mass is 537 g/mol. The molecule has 1 fully saturated rings. The van der Waals surface area contributed by atoms with E-state index in [4.69, 9.17) is 14.2 Å². The quantitative estimate of drug-likeness (QED) is 0.455. The number of amides is 2. The number of fused-ring (bicyclic) bond motifs is 1. The number of carbonyl (C=O) groups is 3. The van der Waals surface area contributed by atoms with Crippen LogP contribution in [-0.2, 0) is 43.4 Å². The molecule has 2 unspecified atom stereocenters. The molecule has 39 heavy (non-hydrogen) atoms. The number of esters is 1. The molecule has 2 aromatic carbocycles. The van der Waals surface area contributed by atoms with Gasteiger partial charge in [-0.25, -0.2) is 4.79 Å². The fourth-order valence-corrected chi connectivity index (χ4v) is 5.11. The maximum absolute atomic E-state index is 12.6. The van der Waals surface area contributed by atoms with Gasteiger partial charge in [0.05, 0.1) is 19.1 Å². The van der Waals surface area contributed by atoms with Crippen LogP contribution in [-0.4, -0.2) is 72.8 Å². The summed E-state index contributed by atoms with van der Waals surface area (Å²) in [6, 6.07) is 15.6. The number of ether oxygens (including phenoxy) is 3. The molecule has 2 heterocycles. The first-order valence-electron chi connectivity index (χ1n) is 13.8. The van der Waals surface area contributed by atoms with E-state index in [1.54, 1.807) is 4.90 Å². The van der Waals surface area contributed by atoms with Crippen LogP contribution in [0.15, 0.2) is 48.5 Å². The van der Waals surface area contributed by atoms with Gasteiger partial charge in [-0.05, 0) is 61.9 Å². The topological polar surface area (TPSA) is 97.4 Å². The molecule has 0 saturated carbocycles. The number of likely N-dealkylation sites (tertiary alicyclic amines) is 1. The van der Waals surface area contributed by atoms with E-state index in [1.807, 2.05) is 56.3 Å². The van der Waals surface area contributed by atoms with Crippen molar-refractivity contribution in [3.8, 4) is 0 Å². The molecule has 2 aromatic rings. The van der Waals surface area contributed by atoms with Crippen molar-refractivity contribution in [3.63, 3.8) is 0 Å². The number of carbonyl (C=O) groups excluding carboxylic acids is 3. The molecule has 9 nitrogen and oxygen atoms in total. The predicted octanol–water partition coefficient (Wildman–Crippen LogP) is 4.14. The van der Waals surface area contributed by atoms with Gasteiger partial charge in [-0.2, -0.15) is 0 Å². The maximum Gasteiger partial charge on any atom is 0.410 e. The Balaban J connectivity index is 1.18. The van der Waals surface area contributed by atoms with Crippen LogP contribution in [0.1, 0.15) is 49.8 Å². The molecule has 0 radical (unpaired) electrons. The number of piperidine rings is 1. The number of hydrogen-bond donors (Lipinski definition) is 1. The molecule has 2 amide bonds. The Morgan fingerprint density at radius 2 is 1.85 bits per heavy atom. The molecule has 0 bridgehead atoms. The Morgan fingerprint density at radius 3 is 2.62 bits per heavy atom. The molecule has 0 aromatic heterocycles. The summed E-state index contributed by atoms with van der Waals surface area (Å²) in [4.78, 5) is 40.8. The van der Waals surface area contributed by atoms with Gasteiger partial charge < -0.3 is 24.4 Å². The smallest absolute Gasteiger partial charge is 0.410 e. The lowest BCUT2D eigenvalue weighted by Crippen LogP contribution is -2.47. The maximum atomic E-state index is 12.6. The minimum atomic E-state index is -0.325. The molecule has 9 heteroatoms. The van der Waals surface area contributed by atoms with Gasteiger partial charge in [0.15, 0.2) is 0 Å². The first kappa shape index (κ1) is 28.6. The van der Waals surface area contributed by atoms with E-state index in [1.165, 1.54) is 5.56 Å². The first-order chi connectivity index (χ1) is 18.9. The van der Waals surface area contributed by atoms with Gasteiger partial charge in [-0.1, -0.05) is 36.4 Å². The molecule has 0 spiro atoms. The van der Waals surface area contributed by atoms with Crippen molar-refractivity contribution in [2.75, 3.05) is 38.2 Å². The highest BCUT2D eigenvalue weighted by atomic mass is 16.6. The van der Waals surface area contributed by atoms with Crippen LogP contribution in [0.2, 0.25) is 0 Å². The van der Waals surface area contributed by atoms with Crippen LogP contribution in [0.5, 0.6) is 0 Å². The summed E-state index contributed by atoms with van der Waals surface area (Å²) >= 11 is 0.